The number of nitrogens with zero attached hydrogens (tertiary/aromatic N) is 2. The maximum Gasteiger partial charge on any atom is 0.320 e. The maximum absolute atomic E-state index is 13.0. The molecule has 23 heavy (non-hydrogen) atoms. The van der Waals surface area contributed by atoms with Crippen LogP contribution in [0.25, 0.3) is 0 Å². The van der Waals surface area contributed by atoms with Gasteiger partial charge in [-0.15, -0.1) is 0 Å². The van der Waals surface area contributed by atoms with E-state index in [1.165, 1.54) is 0 Å². The van der Waals surface area contributed by atoms with Gasteiger partial charge in [0, 0.05) is 25.7 Å². The molecule has 0 heterocycles. The molecule has 0 atom stereocenters. The van der Waals surface area contributed by atoms with E-state index in [9.17, 15) is 4.79 Å². The quantitative estimate of drug-likeness (QED) is 0.768. The monoisotopic (exact) mass is 310 g/mol. The SMILES string of the molecule is CCN(Cc1ccccc1)C(=O)N(Cc1ccccc1)C(C)C. The summed E-state index contributed by atoms with van der Waals surface area (Å²) in [4.78, 5) is 16.8. The van der Waals surface area contributed by atoms with Gasteiger partial charge in [-0.3, -0.25) is 0 Å². The second-order valence-corrected chi connectivity index (χ2v) is 5.99. The smallest absolute Gasteiger partial charge is 0.320 e. The first-order chi connectivity index (χ1) is 11.1. The van der Waals surface area contributed by atoms with Crippen molar-refractivity contribution in [1.29, 1.82) is 0 Å². The van der Waals surface area contributed by atoms with E-state index < -0.39 is 0 Å². The molecule has 0 radical (unpaired) electrons. The van der Waals surface area contributed by atoms with Crippen LogP contribution >= 0.6 is 0 Å². The predicted molar refractivity (Wildman–Crippen MR) is 95.0 cm³/mol. The highest BCUT2D eigenvalue weighted by Gasteiger charge is 2.22. The fourth-order valence-corrected chi connectivity index (χ4v) is 2.55. The van der Waals surface area contributed by atoms with Crippen molar-refractivity contribution in [3.05, 3.63) is 71.8 Å². The second-order valence-electron chi connectivity index (χ2n) is 5.99. The summed E-state index contributed by atoms with van der Waals surface area (Å²) in [5, 5.41) is 0. The predicted octanol–water partition coefficient (Wildman–Crippen LogP) is 4.54. The van der Waals surface area contributed by atoms with Crippen molar-refractivity contribution in [2.45, 2.75) is 39.9 Å². The van der Waals surface area contributed by atoms with Crippen LogP contribution < -0.4 is 0 Å². The minimum Gasteiger partial charge on any atom is -0.321 e. The molecule has 0 aliphatic carbocycles. The van der Waals surface area contributed by atoms with E-state index in [0.29, 0.717) is 19.6 Å². The third-order valence-electron chi connectivity index (χ3n) is 3.93. The molecule has 0 saturated carbocycles. The van der Waals surface area contributed by atoms with Crippen LogP contribution in [0.1, 0.15) is 31.9 Å². The van der Waals surface area contributed by atoms with E-state index in [4.69, 9.17) is 0 Å². The minimum absolute atomic E-state index is 0.0928. The molecule has 0 spiro atoms. The zero-order chi connectivity index (χ0) is 16.7. The number of carbonyl (C=O) groups is 1. The Bertz CT molecular complexity index is 596. The van der Waals surface area contributed by atoms with Crippen LogP contribution in [-0.4, -0.2) is 28.4 Å². The van der Waals surface area contributed by atoms with Crippen LogP contribution in [0.4, 0.5) is 4.79 Å². The van der Waals surface area contributed by atoms with Gasteiger partial charge in [0.2, 0.25) is 0 Å². The van der Waals surface area contributed by atoms with Gasteiger partial charge in [-0.25, -0.2) is 4.79 Å². The molecule has 3 nitrogen and oxygen atoms in total. The normalized spacial score (nSPS) is 10.6. The van der Waals surface area contributed by atoms with Gasteiger partial charge < -0.3 is 9.80 Å². The van der Waals surface area contributed by atoms with E-state index in [1.54, 1.807) is 0 Å². The van der Waals surface area contributed by atoms with Gasteiger partial charge in [0.15, 0.2) is 0 Å². The molecule has 0 aromatic heterocycles. The van der Waals surface area contributed by atoms with Crippen molar-refractivity contribution in [2.24, 2.45) is 0 Å². The average Bonchev–Trinajstić information content (AvgIpc) is 2.58. The first-order valence-electron chi connectivity index (χ1n) is 8.25. The molecule has 0 N–H and O–H groups in total. The van der Waals surface area contributed by atoms with Gasteiger partial charge in [0.05, 0.1) is 0 Å². The van der Waals surface area contributed by atoms with Crippen molar-refractivity contribution < 1.29 is 4.79 Å². The lowest BCUT2D eigenvalue weighted by atomic mass is 10.2. The van der Waals surface area contributed by atoms with E-state index in [1.807, 2.05) is 53.1 Å². The average molecular weight is 310 g/mol. The first kappa shape index (κ1) is 17.1. The van der Waals surface area contributed by atoms with Crippen LogP contribution in [0.2, 0.25) is 0 Å². The number of carbonyl (C=O) groups excluding carboxylic acids is 1. The van der Waals surface area contributed by atoms with Gasteiger partial charge in [-0.1, -0.05) is 60.7 Å². The summed E-state index contributed by atoms with van der Waals surface area (Å²) in [7, 11) is 0. The standard InChI is InChI=1S/C20H26N2O/c1-4-21(15-18-11-7-5-8-12-18)20(23)22(17(2)3)16-19-13-9-6-10-14-19/h5-14,17H,4,15-16H2,1-3H3. The number of benzene rings is 2. The van der Waals surface area contributed by atoms with Crippen LogP contribution in [0.5, 0.6) is 0 Å². The Morgan fingerprint density at radius 3 is 1.78 bits per heavy atom. The lowest BCUT2D eigenvalue weighted by molar-refractivity contribution is 0.136. The van der Waals surface area contributed by atoms with Crippen LogP contribution in [-0.2, 0) is 13.1 Å². The lowest BCUT2D eigenvalue weighted by Gasteiger charge is -2.33. The topological polar surface area (TPSA) is 23.6 Å². The fourth-order valence-electron chi connectivity index (χ4n) is 2.55. The Labute approximate surface area is 139 Å². The van der Waals surface area contributed by atoms with Crippen molar-refractivity contribution in [3.8, 4) is 0 Å². The molecule has 0 aliphatic heterocycles. The van der Waals surface area contributed by atoms with Gasteiger partial charge in [0.25, 0.3) is 0 Å². The molecular formula is C20H26N2O. The first-order valence-corrected chi connectivity index (χ1v) is 8.25. The summed E-state index contributed by atoms with van der Waals surface area (Å²) >= 11 is 0. The van der Waals surface area contributed by atoms with Gasteiger partial charge in [-0.2, -0.15) is 0 Å². The van der Waals surface area contributed by atoms with E-state index in [2.05, 4.69) is 38.1 Å². The Hall–Kier alpha value is -2.29. The molecule has 3 heteroatoms. The van der Waals surface area contributed by atoms with Gasteiger partial charge in [0.1, 0.15) is 0 Å². The van der Waals surface area contributed by atoms with E-state index in [-0.39, 0.29) is 12.1 Å². The number of hydrogen-bond acceptors (Lipinski definition) is 1. The Balaban J connectivity index is 2.11. The molecular weight excluding hydrogens is 284 g/mol. The third-order valence-corrected chi connectivity index (χ3v) is 3.93. The summed E-state index contributed by atoms with van der Waals surface area (Å²) in [6, 6.07) is 20.6. The summed E-state index contributed by atoms with van der Waals surface area (Å²) in [6.07, 6.45) is 0. The largest absolute Gasteiger partial charge is 0.321 e. The number of amides is 2. The highest BCUT2D eigenvalue weighted by Crippen LogP contribution is 2.13. The summed E-state index contributed by atoms with van der Waals surface area (Å²) < 4.78 is 0. The number of hydrogen-bond donors (Lipinski definition) is 0. The molecule has 2 rings (SSSR count). The minimum atomic E-state index is 0.0928. The molecule has 0 aliphatic rings. The Kier molecular flexibility index (Phi) is 6.21. The molecule has 0 bridgehead atoms. The van der Waals surface area contributed by atoms with Crippen LogP contribution in [0, 0.1) is 0 Å². The molecule has 2 aromatic rings. The number of rotatable bonds is 6. The molecule has 0 saturated heterocycles. The zero-order valence-corrected chi connectivity index (χ0v) is 14.3. The summed E-state index contributed by atoms with van der Waals surface area (Å²) in [5.41, 5.74) is 2.32. The lowest BCUT2D eigenvalue weighted by Crippen LogP contribution is -2.45. The Morgan fingerprint density at radius 1 is 0.870 bits per heavy atom. The van der Waals surface area contributed by atoms with Crippen molar-refractivity contribution >= 4 is 6.03 Å². The molecule has 2 aromatic carbocycles. The number of urea groups is 1. The molecule has 0 unspecified atom stereocenters. The van der Waals surface area contributed by atoms with Crippen LogP contribution in [0.15, 0.2) is 60.7 Å². The van der Waals surface area contributed by atoms with Crippen LogP contribution in [0.3, 0.4) is 0 Å². The second kappa shape index (κ2) is 8.37. The maximum atomic E-state index is 13.0. The summed E-state index contributed by atoms with van der Waals surface area (Å²) in [5.74, 6) is 0. The molecule has 122 valence electrons. The van der Waals surface area contributed by atoms with E-state index >= 15 is 0 Å². The van der Waals surface area contributed by atoms with E-state index in [0.717, 1.165) is 11.1 Å². The fraction of sp³-hybridized carbons (Fsp3) is 0.350. The summed E-state index contributed by atoms with van der Waals surface area (Å²) in [6.45, 7) is 8.15. The molecule has 0 fully saturated rings. The van der Waals surface area contributed by atoms with Gasteiger partial charge >= 0.3 is 6.03 Å². The third kappa shape index (κ3) is 4.85. The zero-order valence-electron chi connectivity index (χ0n) is 14.3. The van der Waals surface area contributed by atoms with Gasteiger partial charge in [-0.05, 0) is 31.9 Å². The molecule has 2 amide bonds. The van der Waals surface area contributed by atoms with Crippen molar-refractivity contribution in [3.63, 3.8) is 0 Å². The van der Waals surface area contributed by atoms with Crippen molar-refractivity contribution in [2.75, 3.05) is 6.54 Å². The highest BCUT2D eigenvalue weighted by molar-refractivity contribution is 5.74. The van der Waals surface area contributed by atoms with Crippen molar-refractivity contribution in [1.82, 2.24) is 9.80 Å². The Morgan fingerprint density at radius 2 is 1.35 bits per heavy atom. The highest BCUT2D eigenvalue weighted by atomic mass is 16.2.